The summed E-state index contributed by atoms with van der Waals surface area (Å²) in [6.07, 6.45) is 2.97. The lowest BCUT2D eigenvalue weighted by Gasteiger charge is -2.23. The first-order chi connectivity index (χ1) is 9.55. The van der Waals surface area contributed by atoms with E-state index >= 15 is 0 Å². The van der Waals surface area contributed by atoms with Gasteiger partial charge in [0.05, 0.1) is 5.69 Å². The van der Waals surface area contributed by atoms with Crippen molar-refractivity contribution in [2.75, 3.05) is 7.05 Å². The fourth-order valence-electron chi connectivity index (χ4n) is 1.88. The summed E-state index contributed by atoms with van der Waals surface area (Å²) in [7, 11) is 1.86. The van der Waals surface area contributed by atoms with Gasteiger partial charge in [-0.15, -0.1) is 0 Å². The molecule has 1 heterocycles. The molecule has 1 aromatic heterocycles. The molecular formula is C16H22N2O2. The molecule has 0 saturated carbocycles. The quantitative estimate of drug-likeness (QED) is 0.868. The molecule has 108 valence electrons. The molecule has 0 aliphatic heterocycles. The summed E-state index contributed by atoms with van der Waals surface area (Å²) in [5, 5.41) is 3.01. The number of oxazole rings is 1. The Morgan fingerprint density at radius 3 is 2.55 bits per heavy atom. The fourth-order valence-corrected chi connectivity index (χ4v) is 1.88. The first-order valence-electron chi connectivity index (χ1n) is 6.92. The van der Waals surface area contributed by atoms with E-state index in [1.165, 1.54) is 5.56 Å². The van der Waals surface area contributed by atoms with Crippen molar-refractivity contribution in [2.24, 2.45) is 0 Å². The first kappa shape index (κ1) is 14.6. The number of benzene rings is 1. The Morgan fingerprint density at radius 2 is 1.95 bits per heavy atom. The Morgan fingerprint density at radius 1 is 1.25 bits per heavy atom. The van der Waals surface area contributed by atoms with Crippen LogP contribution in [0.5, 0.6) is 11.8 Å². The van der Waals surface area contributed by atoms with Crippen LogP contribution in [0.1, 0.15) is 38.4 Å². The average Bonchev–Trinajstić information content (AvgIpc) is 2.87. The van der Waals surface area contributed by atoms with Gasteiger partial charge in [-0.1, -0.05) is 32.9 Å². The van der Waals surface area contributed by atoms with E-state index in [2.05, 4.69) is 43.2 Å². The lowest BCUT2D eigenvalue weighted by Crippen LogP contribution is -2.14. The minimum absolute atomic E-state index is 0.182. The zero-order valence-corrected chi connectivity index (χ0v) is 12.6. The molecule has 0 saturated heterocycles. The molecule has 0 aliphatic rings. The predicted octanol–water partition coefficient (Wildman–Crippen LogP) is 3.87. The monoisotopic (exact) mass is 274 g/mol. The molecule has 2 rings (SSSR count). The normalized spacial score (nSPS) is 11.6. The van der Waals surface area contributed by atoms with E-state index in [0.717, 1.165) is 17.9 Å². The van der Waals surface area contributed by atoms with Gasteiger partial charge in [-0.2, -0.15) is 4.98 Å². The summed E-state index contributed by atoms with van der Waals surface area (Å²) in [6.45, 7) is 7.33. The molecule has 0 atom stereocenters. The molecule has 0 unspecified atom stereocenters. The smallest absolute Gasteiger partial charge is 0.399 e. The van der Waals surface area contributed by atoms with Crippen LogP contribution in [0.3, 0.4) is 0 Å². The molecule has 0 bridgehead atoms. The summed E-state index contributed by atoms with van der Waals surface area (Å²) < 4.78 is 10.9. The van der Waals surface area contributed by atoms with Crippen LogP contribution in [-0.2, 0) is 12.0 Å². The zero-order valence-electron chi connectivity index (χ0n) is 12.6. The standard InChI is InChI=1S/C16H22N2O2/c1-5-16(2,3)12-6-8-14(9-7-12)20-15-18-13(10-17-4)11-19-15/h6-9,11,17H,5,10H2,1-4H3. The van der Waals surface area contributed by atoms with E-state index in [0.29, 0.717) is 6.54 Å². The van der Waals surface area contributed by atoms with Gasteiger partial charge in [-0.3, -0.25) is 0 Å². The Labute approximate surface area is 120 Å². The van der Waals surface area contributed by atoms with Crippen molar-refractivity contribution < 1.29 is 9.15 Å². The van der Waals surface area contributed by atoms with Crippen LogP contribution in [0, 0.1) is 0 Å². The molecule has 4 nitrogen and oxygen atoms in total. The van der Waals surface area contributed by atoms with Crippen molar-refractivity contribution in [1.82, 2.24) is 10.3 Å². The van der Waals surface area contributed by atoms with Gasteiger partial charge in [0, 0.05) is 6.54 Å². The van der Waals surface area contributed by atoms with Crippen LogP contribution in [0.15, 0.2) is 34.9 Å². The Kier molecular flexibility index (Phi) is 4.45. The van der Waals surface area contributed by atoms with Gasteiger partial charge in [-0.05, 0) is 36.6 Å². The van der Waals surface area contributed by atoms with Gasteiger partial charge in [0.15, 0.2) is 0 Å². The average molecular weight is 274 g/mol. The maximum atomic E-state index is 5.60. The maximum absolute atomic E-state index is 5.60. The number of nitrogens with zero attached hydrogens (tertiary/aromatic N) is 1. The molecule has 0 aliphatic carbocycles. The maximum Gasteiger partial charge on any atom is 0.399 e. The van der Waals surface area contributed by atoms with Crippen LogP contribution in [-0.4, -0.2) is 12.0 Å². The molecule has 4 heteroatoms. The van der Waals surface area contributed by atoms with Gasteiger partial charge in [-0.25, -0.2) is 0 Å². The Hall–Kier alpha value is -1.81. The largest absolute Gasteiger partial charge is 0.417 e. The van der Waals surface area contributed by atoms with Crippen LogP contribution in [0.25, 0.3) is 0 Å². The summed E-state index contributed by atoms with van der Waals surface area (Å²) >= 11 is 0. The van der Waals surface area contributed by atoms with E-state index in [1.807, 2.05) is 19.2 Å². The SMILES string of the molecule is CCC(C)(C)c1ccc(Oc2nc(CNC)co2)cc1. The fraction of sp³-hybridized carbons (Fsp3) is 0.438. The number of aromatic nitrogens is 1. The molecule has 2 aromatic rings. The zero-order chi connectivity index (χ0) is 14.6. The molecule has 0 spiro atoms. The molecule has 0 radical (unpaired) electrons. The highest BCUT2D eigenvalue weighted by Crippen LogP contribution is 2.29. The van der Waals surface area contributed by atoms with E-state index < -0.39 is 0 Å². The number of ether oxygens (including phenoxy) is 1. The van der Waals surface area contributed by atoms with Crippen molar-refractivity contribution in [3.63, 3.8) is 0 Å². The number of rotatable bonds is 6. The molecule has 20 heavy (non-hydrogen) atoms. The highest BCUT2D eigenvalue weighted by molar-refractivity contribution is 5.32. The highest BCUT2D eigenvalue weighted by Gasteiger charge is 2.17. The van der Waals surface area contributed by atoms with E-state index in [-0.39, 0.29) is 11.5 Å². The van der Waals surface area contributed by atoms with E-state index in [9.17, 15) is 0 Å². The van der Waals surface area contributed by atoms with Crippen LogP contribution >= 0.6 is 0 Å². The number of nitrogens with one attached hydrogen (secondary N) is 1. The third-order valence-electron chi connectivity index (χ3n) is 3.61. The minimum atomic E-state index is 0.182. The Balaban J connectivity index is 2.06. The summed E-state index contributed by atoms with van der Waals surface area (Å²) in [6, 6.07) is 8.09. The van der Waals surface area contributed by atoms with E-state index in [4.69, 9.17) is 9.15 Å². The molecule has 1 aromatic carbocycles. The second-order valence-corrected chi connectivity index (χ2v) is 5.50. The van der Waals surface area contributed by atoms with Crippen molar-refractivity contribution in [3.8, 4) is 11.8 Å². The van der Waals surface area contributed by atoms with Crippen LogP contribution < -0.4 is 10.1 Å². The first-order valence-corrected chi connectivity index (χ1v) is 6.92. The third kappa shape index (κ3) is 3.39. The van der Waals surface area contributed by atoms with Crippen molar-refractivity contribution in [3.05, 3.63) is 41.8 Å². The van der Waals surface area contributed by atoms with Gasteiger partial charge >= 0.3 is 6.08 Å². The summed E-state index contributed by atoms with van der Waals surface area (Å²) in [5.41, 5.74) is 2.31. The predicted molar refractivity (Wildman–Crippen MR) is 79.1 cm³/mol. The van der Waals surface area contributed by atoms with Gasteiger partial charge in [0.25, 0.3) is 0 Å². The molecular weight excluding hydrogens is 252 g/mol. The van der Waals surface area contributed by atoms with Gasteiger partial charge in [0.2, 0.25) is 0 Å². The molecule has 1 N–H and O–H groups in total. The Bertz CT molecular complexity index is 544. The van der Waals surface area contributed by atoms with Crippen molar-refractivity contribution in [2.45, 2.75) is 39.2 Å². The highest BCUT2D eigenvalue weighted by atomic mass is 16.6. The second-order valence-electron chi connectivity index (χ2n) is 5.50. The number of hydrogen-bond donors (Lipinski definition) is 1. The van der Waals surface area contributed by atoms with Crippen molar-refractivity contribution >= 4 is 0 Å². The number of hydrogen-bond acceptors (Lipinski definition) is 4. The third-order valence-corrected chi connectivity index (χ3v) is 3.61. The molecule has 0 fully saturated rings. The van der Waals surface area contributed by atoms with Gasteiger partial charge < -0.3 is 14.5 Å². The van der Waals surface area contributed by atoms with Crippen LogP contribution in [0.4, 0.5) is 0 Å². The summed E-state index contributed by atoms with van der Waals surface area (Å²) in [5.74, 6) is 0.735. The lowest BCUT2D eigenvalue weighted by molar-refractivity contribution is 0.330. The van der Waals surface area contributed by atoms with E-state index in [1.54, 1.807) is 6.26 Å². The summed E-state index contributed by atoms with van der Waals surface area (Å²) in [4.78, 5) is 4.23. The molecule has 0 amide bonds. The van der Waals surface area contributed by atoms with Crippen molar-refractivity contribution in [1.29, 1.82) is 0 Å². The van der Waals surface area contributed by atoms with Gasteiger partial charge in [0.1, 0.15) is 12.0 Å². The lowest BCUT2D eigenvalue weighted by atomic mass is 9.82. The van der Waals surface area contributed by atoms with Crippen LogP contribution in [0.2, 0.25) is 0 Å². The second kappa shape index (κ2) is 6.09. The minimum Gasteiger partial charge on any atom is -0.417 e. The topological polar surface area (TPSA) is 47.3 Å².